The second kappa shape index (κ2) is 10.1. The molecular formula is C18H16ClN5O5. The van der Waals surface area contributed by atoms with Crippen molar-refractivity contribution in [3.05, 3.63) is 61.8 Å². The lowest BCUT2D eigenvalue weighted by atomic mass is 10.1. The summed E-state index contributed by atoms with van der Waals surface area (Å²) in [5.41, 5.74) is 3.69. The number of pyridine rings is 1. The average Bonchev–Trinajstić information content (AvgIpc) is 2.67. The Morgan fingerprint density at radius 2 is 2.24 bits per heavy atom. The van der Waals surface area contributed by atoms with Gasteiger partial charge >= 0.3 is 0 Å². The van der Waals surface area contributed by atoms with E-state index < -0.39 is 17.4 Å². The number of aromatic nitrogens is 1. The van der Waals surface area contributed by atoms with Gasteiger partial charge in [-0.15, -0.1) is 0 Å². The Kier molecular flexibility index (Phi) is 7.59. The Hall–Kier alpha value is -3.55. The number of non-ortho nitro benzene ring substituents is 1. The number of nitrogens with zero attached hydrogens (tertiary/aromatic N) is 4. The lowest BCUT2D eigenvalue weighted by Crippen LogP contribution is -2.25. The molecule has 0 fully saturated rings. The highest BCUT2D eigenvalue weighted by molar-refractivity contribution is 6.33. The summed E-state index contributed by atoms with van der Waals surface area (Å²) in [5, 5.41) is 24.1. The van der Waals surface area contributed by atoms with Gasteiger partial charge in [-0.25, -0.2) is 10.4 Å². The SMILES string of the molecule is COCc1cc(C)nc(OCC(=O)N/N=C\c2cc([N+](=O)[O-])ccc2Cl)c1C#N. The minimum absolute atomic E-state index is 0.0143. The van der Waals surface area contributed by atoms with Crippen molar-refractivity contribution in [3.8, 4) is 11.9 Å². The number of aryl methyl sites for hydroxylation is 1. The Morgan fingerprint density at radius 1 is 1.48 bits per heavy atom. The minimum Gasteiger partial charge on any atom is -0.467 e. The van der Waals surface area contributed by atoms with Crippen molar-refractivity contribution >= 4 is 29.4 Å². The normalized spacial score (nSPS) is 10.6. The number of carbonyl (C=O) groups is 1. The number of benzene rings is 1. The minimum atomic E-state index is -0.622. The van der Waals surface area contributed by atoms with Gasteiger partial charge in [-0.3, -0.25) is 14.9 Å². The number of rotatable bonds is 8. The molecule has 1 aromatic carbocycles. The number of hydrogen-bond donors (Lipinski definition) is 1. The van der Waals surface area contributed by atoms with Crippen LogP contribution in [-0.2, 0) is 16.1 Å². The molecule has 10 nitrogen and oxygen atoms in total. The predicted molar refractivity (Wildman–Crippen MR) is 104 cm³/mol. The van der Waals surface area contributed by atoms with Crippen LogP contribution in [0.2, 0.25) is 5.02 Å². The maximum absolute atomic E-state index is 11.9. The van der Waals surface area contributed by atoms with Crippen LogP contribution in [0.5, 0.6) is 5.88 Å². The number of hydrogen-bond acceptors (Lipinski definition) is 8. The fraction of sp³-hybridized carbons (Fsp3) is 0.222. The molecule has 1 N–H and O–H groups in total. The first-order chi connectivity index (χ1) is 13.8. The summed E-state index contributed by atoms with van der Waals surface area (Å²) in [6, 6.07) is 7.52. The van der Waals surface area contributed by atoms with Gasteiger partial charge in [0.25, 0.3) is 11.6 Å². The van der Waals surface area contributed by atoms with E-state index in [0.717, 1.165) is 0 Å². The largest absolute Gasteiger partial charge is 0.467 e. The molecule has 0 saturated carbocycles. The zero-order valence-electron chi connectivity index (χ0n) is 15.5. The number of nitriles is 1. The molecular weight excluding hydrogens is 402 g/mol. The van der Waals surface area contributed by atoms with Crippen LogP contribution in [0.3, 0.4) is 0 Å². The first-order valence-electron chi connectivity index (χ1n) is 8.14. The highest BCUT2D eigenvalue weighted by Crippen LogP contribution is 2.22. The van der Waals surface area contributed by atoms with Crippen molar-refractivity contribution in [3.63, 3.8) is 0 Å². The third kappa shape index (κ3) is 5.97. The molecule has 0 aliphatic rings. The Bertz CT molecular complexity index is 1000. The molecule has 0 unspecified atom stereocenters. The second-order valence-corrected chi connectivity index (χ2v) is 6.10. The fourth-order valence-corrected chi connectivity index (χ4v) is 2.45. The van der Waals surface area contributed by atoms with E-state index in [4.69, 9.17) is 21.1 Å². The monoisotopic (exact) mass is 417 g/mol. The van der Waals surface area contributed by atoms with E-state index in [-0.39, 0.29) is 34.3 Å². The van der Waals surface area contributed by atoms with Gasteiger partial charge in [0.1, 0.15) is 11.6 Å². The Morgan fingerprint density at radius 3 is 2.90 bits per heavy atom. The van der Waals surface area contributed by atoms with Gasteiger partial charge in [-0.1, -0.05) is 11.6 Å². The lowest BCUT2D eigenvalue weighted by Gasteiger charge is -2.10. The highest BCUT2D eigenvalue weighted by Gasteiger charge is 2.14. The number of ether oxygens (including phenoxy) is 2. The summed E-state index contributed by atoms with van der Waals surface area (Å²) < 4.78 is 10.4. The van der Waals surface area contributed by atoms with Crippen molar-refractivity contribution in [2.45, 2.75) is 13.5 Å². The molecule has 1 amide bonds. The molecule has 1 aromatic heterocycles. The predicted octanol–water partition coefficient (Wildman–Crippen LogP) is 2.50. The molecule has 0 aliphatic carbocycles. The number of nitro groups is 1. The van der Waals surface area contributed by atoms with Crippen LogP contribution >= 0.6 is 11.6 Å². The topological polar surface area (TPSA) is 140 Å². The summed E-state index contributed by atoms with van der Waals surface area (Å²) >= 11 is 5.95. The van der Waals surface area contributed by atoms with Gasteiger partial charge in [-0.05, 0) is 19.1 Å². The molecule has 11 heteroatoms. The highest BCUT2D eigenvalue weighted by atomic mass is 35.5. The van der Waals surface area contributed by atoms with Gasteiger partial charge in [0.05, 0.1) is 17.7 Å². The van der Waals surface area contributed by atoms with E-state index in [9.17, 15) is 20.2 Å². The van der Waals surface area contributed by atoms with Crippen molar-refractivity contribution in [1.29, 1.82) is 5.26 Å². The van der Waals surface area contributed by atoms with Gasteiger partial charge in [0.2, 0.25) is 5.88 Å². The van der Waals surface area contributed by atoms with Crippen LogP contribution in [0.15, 0.2) is 29.4 Å². The lowest BCUT2D eigenvalue weighted by molar-refractivity contribution is -0.384. The Balaban J connectivity index is 2.03. The first kappa shape index (κ1) is 21.7. The number of nitro benzene ring substituents is 1. The van der Waals surface area contributed by atoms with Crippen molar-refractivity contribution < 1.29 is 19.2 Å². The smallest absolute Gasteiger partial charge is 0.278 e. The third-order valence-corrected chi connectivity index (χ3v) is 3.88. The van der Waals surface area contributed by atoms with Gasteiger partial charge in [-0.2, -0.15) is 10.4 Å². The standard InChI is InChI=1S/C18H16ClN5O5/c1-11-5-13(9-28-2)15(7-20)18(22-11)29-10-17(25)23-21-8-12-6-14(24(26)27)3-4-16(12)19/h3-6,8H,9-10H2,1-2H3,(H,23,25)/b21-8-. The van der Waals surface area contributed by atoms with E-state index >= 15 is 0 Å². The number of amides is 1. The summed E-state index contributed by atoms with van der Waals surface area (Å²) in [6.45, 7) is 1.47. The van der Waals surface area contributed by atoms with E-state index in [1.165, 1.54) is 31.5 Å². The van der Waals surface area contributed by atoms with Crippen molar-refractivity contribution in [2.75, 3.05) is 13.7 Å². The van der Waals surface area contributed by atoms with Crippen LogP contribution in [0, 0.1) is 28.4 Å². The molecule has 2 rings (SSSR count). The molecule has 0 atom stereocenters. The average molecular weight is 418 g/mol. The number of halogens is 1. The summed E-state index contributed by atoms with van der Waals surface area (Å²) in [6.07, 6.45) is 1.18. The van der Waals surface area contributed by atoms with Gasteiger partial charge < -0.3 is 9.47 Å². The van der Waals surface area contributed by atoms with Crippen LogP contribution in [0.1, 0.15) is 22.4 Å². The van der Waals surface area contributed by atoms with Crippen molar-refractivity contribution in [1.82, 2.24) is 10.4 Å². The van der Waals surface area contributed by atoms with Crippen molar-refractivity contribution in [2.24, 2.45) is 5.10 Å². The van der Waals surface area contributed by atoms with Crippen LogP contribution < -0.4 is 10.2 Å². The quantitative estimate of drug-likeness (QED) is 0.395. The van der Waals surface area contributed by atoms with Gasteiger partial charge in [0, 0.05) is 41.1 Å². The zero-order valence-corrected chi connectivity index (χ0v) is 16.3. The van der Waals surface area contributed by atoms with Crippen LogP contribution in [-0.4, -0.2) is 35.7 Å². The van der Waals surface area contributed by atoms with E-state index in [0.29, 0.717) is 11.3 Å². The van der Waals surface area contributed by atoms with Crippen LogP contribution in [0.25, 0.3) is 0 Å². The van der Waals surface area contributed by atoms with E-state index in [1.807, 2.05) is 6.07 Å². The molecule has 0 spiro atoms. The molecule has 2 aromatic rings. The summed E-state index contributed by atoms with van der Waals surface area (Å²) in [4.78, 5) is 26.3. The first-order valence-corrected chi connectivity index (χ1v) is 8.51. The molecule has 0 saturated heterocycles. The van der Waals surface area contributed by atoms with Gasteiger partial charge in [0.15, 0.2) is 6.61 Å². The summed E-state index contributed by atoms with van der Waals surface area (Å²) in [5.74, 6) is -0.608. The maximum Gasteiger partial charge on any atom is 0.278 e. The molecule has 0 radical (unpaired) electrons. The molecule has 0 bridgehead atoms. The molecule has 150 valence electrons. The summed E-state index contributed by atoms with van der Waals surface area (Å²) in [7, 11) is 1.50. The number of nitrogens with one attached hydrogen (secondary N) is 1. The second-order valence-electron chi connectivity index (χ2n) is 5.69. The number of hydrazone groups is 1. The maximum atomic E-state index is 11.9. The van der Waals surface area contributed by atoms with E-state index in [1.54, 1.807) is 13.0 Å². The Labute approximate surface area is 170 Å². The third-order valence-electron chi connectivity index (χ3n) is 3.53. The number of carbonyl (C=O) groups excluding carboxylic acids is 1. The molecule has 1 heterocycles. The van der Waals surface area contributed by atoms with E-state index in [2.05, 4.69) is 15.5 Å². The fourth-order valence-electron chi connectivity index (χ4n) is 2.29. The molecule has 29 heavy (non-hydrogen) atoms. The van der Waals surface area contributed by atoms with Crippen LogP contribution in [0.4, 0.5) is 5.69 Å². The zero-order chi connectivity index (χ0) is 21.4. The number of methoxy groups -OCH3 is 1. The molecule has 0 aliphatic heterocycles.